The highest BCUT2D eigenvalue weighted by atomic mass is 15.0. The maximum Gasteiger partial charge on any atom is 0.0998 e. The molecule has 9 rings (SSSR count). The maximum absolute atomic E-state index is 10.5. The van der Waals surface area contributed by atoms with Gasteiger partial charge in [-0.15, -0.1) is 0 Å². The van der Waals surface area contributed by atoms with E-state index in [-0.39, 0.29) is 0 Å². The van der Waals surface area contributed by atoms with Crippen molar-refractivity contribution in [2.45, 2.75) is 0 Å². The largest absolute Gasteiger partial charge is 0.309 e. The zero-order valence-corrected chi connectivity index (χ0v) is 26.4. The van der Waals surface area contributed by atoms with Gasteiger partial charge in [0, 0.05) is 27.6 Å². The smallest absolute Gasteiger partial charge is 0.0998 e. The number of aromatic nitrogens is 1. The van der Waals surface area contributed by atoms with E-state index in [1.807, 2.05) is 48.5 Å². The Morgan fingerprint density at radius 2 is 0.796 bits per heavy atom. The Hall–Kier alpha value is -6.94. The Balaban J connectivity index is 1.22. The van der Waals surface area contributed by atoms with Crippen molar-refractivity contribution in [3.05, 3.63) is 175 Å². The molecule has 0 fully saturated rings. The first-order valence-corrected chi connectivity index (χ1v) is 16.3. The quantitative estimate of drug-likeness (QED) is 0.184. The van der Waals surface area contributed by atoms with Crippen molar-refractivity contribution in [2.75, 3.05) is 0 Å². The van der Waals surface area contributed by atoms with E-state index in [1.165, 1.54) is 21.9 Å². The lowest BCUT2D eigenvalue weighted by Gasteiger charge is -2.18. The summed E-state index contributed by atoms with van der Waals surface area (Å²) in [6.45, 7) is 0. The summed E-state index contributed by atoms with van der Waals surface area (Å²) in [5, 5.41) is 27.9. The van der Waals surface area contributed by atoms with Crippen LogP contribution in [-0.2, 0) is 0 Å². The Morgan fingerprint density at radius 1 is 0.367 bits per heavy atom. The second kappa shape index (κ2) is 11.4. The number of hydrogen-bond donors (Lipinski definition) is 0. The zero-order valence-electron chi connectivity index (χ0n) is 26.4. The van der Waals surface area contributed by atoms with E-state index in [0.717, 1.165) is 60.5 Å². The predicted molar refractivity (Wildman–Crippen MR) is 202 cm³/mol. The minimum absolute atomic E-state index is 0.520. The molecule has 0 radical (unpaired) electrons. The van der Waals surface area contributed by atoms with Crippen molar-refractivity contribution >= 4 is 43.4 Å². The van der Waals surface area contributed by atoms with Gasteiger partial charge in [0.2, 0.25) is 0 Å². The van der Waals surface area contributed by atoms with Gasteiger partial charge in [0.05, 0.1) is 34.3 Å². The molecule has 0 N–H and O–H groups in total. The summed E-state index contributed by atoms with van der Waals surface area (Å²) in [6.07, 6.45) is 0. The maximum atomic E-state index is 10.5. The first-order valence-electron chi connectivity index (χ1n) is 16.3. The summed E-state index contributed by atoms with van der Waals surface area (Å²) in [5.74, 6) is 0. The van der Waals surface area contributed by atoms with Crippen molar-refractivity contribution in [2.24, 2.45) is 0 Å². The lowest BCUT2D eigenvalue weighted by Crippen LogP contribution is -1.97. The van der Waals surface area contributed by atoms with Crippen LogP contribution in [0.4, 0.5) is 0 Å². The van der Waals surface area contributed by atoms with Gasteiger partial charge in [-0.25, -0.2) is 0 Å². The summed E-state index contributed by atoms with van der Waals surface area (Å²) in [7, 11) is 0. The van der Waals surface area contributed by atoms with E-state index in [4.69, 9.17) is 0 Å². The number of nitrogens with zero attached hydrogens (tertiary/aromatic N) is 3. The average molecular weight is 622 g/mol. The molecule has 1 heterocycles. The molecule has 3 nitrogen and oxygen atoms in total. The number of fused-ring (bicyclic) bond motifs is 5. The topological polar surface area (TPSA) is 52.5 Å². The van der Waals surface area contributed by atoms with Crippen LogP contribution in [0.5, 0.6) is 0 Å². The molecule has 0 unspecified atom stereocenters. The highest BCUT2D eigenvalue weighted by molar-refractivity contribution is 6.21. The van der Waals surface area contributed by atoms with Crippen LogP contribution in [0.3, 0.4) is 0 Å². The Morgan fingerprint density at radius 3 is 1.33 bits per heavy atom. The van der Waals surface area contributed by atoms with Crippen LogP contribution in [0.25, 0.3) is 82.4 Å². The summed E-state index contributed by atoms with van der Waals surface area (Å²) >= 11 is 0. The molecule has 0 atom stereocenters. The second-order valence-corrected chi connectivity index (χ2v) is 12.3. The van der Waals surface area contributed by atoms with Crippen LogP contribution in [0.15, 0.2) is 164 Å². The van der Waals surface area contributed by atoms with E-state index in [1.54, 1.807) is 0 Å². The van der Waals surface area contributed by atoms with Gasteiger partial charge >= 0.3 is 0 Å². The van der Waals surface area contributed by atoms with Gasteiger partial charge in [0.25, 0.3) is 0 Å². The van der Waals surface area contributed by atoms with Gasteiger partial charge in [-0.05, 0) is 74.1 Å². The van der Waals surface area contributed by atoms with Crippen LogP contribution >= 0.6 is 0 Å². The van der Waals surface area contributed by atoms with Crippen molar-refractivity contribution in [3.8, 4) is 51.2 Å². The monoisotopic (exact) mass is 621 g/mol. The molecule has 0 spiro atoms. The van der Waals surface area contributed by atoms with Crippen molar-refractivity contribution in [3.63, 3.8) is 0 Å². The molecule has 0 saturated carbocycles. The molecule has 0 saturated heterocycles. The summed E-state index contributed by atoms with van der Waals surface area (Å²) in [4.78, 5) is 0. The Kier molecular flexibility index (Phi) is 6.58. The lowest BCUT2D eigenvalue weighted by atomic mass is 9.85. The van der Waals surface area contributed by atoms with Gasteiger partial charge < -0.3 is 4.57 Å². The number of rotatable bonds is 4. The van der Waals surface area contributed by atoms with Gasteiger partial charge in [0.15, 0.2) is 0 Å². The molecule has 0 amide bonds. The van der Waals surface area contributed by atoms with Gasteiger partial charge in [-0.3, -0.25) is 0 Å². The van der Waals surface area contributed by atoms with E-state index < -0.39 is 0 Å². The lowest BCUT2D eigenvalue weighted by molar-refractivity contribution is 1.18. The standard InChI is InChI=1S/C46H27N3/c47-28-32-26-31(46-41-18-6-4-16-39(41)45(30-12-2-1-3-13-30)40-17-5-7-19-42(40)46)22-24-35(32)36-25-23-34(27-33(36)29-48)49-43-20-10-8-14-37(43)38-15-9-11-21-44(38)49/h1-27H. The molecule has 49 heavy (non-hydrogen) atoms. The van der Waals surface area contributed by atoms with E-state index in [2.05, 4.69) is 132 Å². The van der Waals surface area contributed by atoms with Gasteiger partial charge in [0.1, 0.15) is 0 Å². The first kappa shape index (κ1) is 28.3. The van der Waals surface area contributed by atoms with Crippen molar-refractivity contribution < 1.29 is 0 Å². The molecule has 9 aromatic rings. The molecule has 0 aliphatic carbocycles. The average Bonchev–Trinajstić information content (AvgIpc) is 3.51. The summed E-state index contributed by atoms with van der Waals surface area (Å²) in [6, 6.07) is 61.2. The minimum Gasteiger partial charge on any atom is -0.309 e. The van der Waals surface area contributed by atoms with Gasteiger partial charge in [-0.1, -0.05) is 133 Å². The fourth-order valence-electron chi connectivity index (χ4n) is 7.58. The minimum atomic E-state index is 0.520. The molecule has 226 valence electrons. The number of hydrogen-bond acceptors (Lipinski definition) is 2. The third-order valence-electron chi connectivity index (χ3n) is 9.67. The first-order chi connectivity index (χ1) is 24.2. The molecular formula is C46H27N3. The van der Waals surface area contributed by atoms with Crippen LogP contribution in [0.2, 0.25) is 0 Å². The SMILES string of the molecule is N#Cc1cc(-c2c3ccccc3c(-c3ccccc3)c3ccccc23)ccc1-c1ccc(-n2c3ccccc3c3ccccc32)cc1C#N. The predicted octanol–water partition coefficient (Wildman–Crippen LogP) is 11.8. The number of benzene rings is 8. The fraction of sp³-hybridized carbons (Fsp3) is 0. The second-order valence-electron chi connectivity index (χ2n) is 12.3. The van der Waals surface area contributed by atoms with E-state index in [9.17, 15) is 10.5 Å². The summed E-state index contributed by atoms with van der Waals surface area (Å²) in [5.41, 5.74) is 10.0. The van der Waals surface area contributed by atoms with Crippen LogP contribution in [0.1, 0.15) is 11.1 Å². The molecule has 3 heteroatoms. The van der Waals surface area contributed by atoms with Crippen LogP contribution in [0, 0.1) is 22.7 Å². The normalized spacial score (nSPS) is 11.2. The van der Waals surface area contributed by atoms with Crippen molar-refractivity contribution in [1.82, 2.24) is 4.57 Å². The fourth-order valence-corrected chi connectivity index (χ4v) is 7.58. The molecule has 0 bridgehead atoms. The zero-order chi connectivity index (χ0) is 32.9. The third-order valence-corrected chi connectivity index (χ3v) is 9.67. The molecule has 1 aromatic heterocycles. The Labute approximate surface area is 283 Å². The van der Waals surface area contributed by atoms with Crippen LogP contribution < -0.4 is 0 Å². The molecule has 0 aliphatic rings. The molecule has 8 aromatic carbocycles. The third kappa shape index (κ3) is 4.42. The summed E-state index contributed by atoms with van der Waals surface area (Å²) < 4.78 is 2.21. The Bertz CT molecular complexity index is 2740. The highest BCUT2D eigenvalue weighted by Gasteiger charge is 2.19. The number of nitriles is 2. The molecular weight excluding hydrogens is 595 g/mol. The van der Waals surface area contributed by atoms with E-state index in [0.29, 0.717) is 11.1 Å². The molecule has 0 aliphatic heterocycles. The van der Waals surface area contributed by atoms with Gasteiger partial charge in [-0.2, -0.15) is 10.5 Å². The highest BCUT2D eigenvalue weighted by Crippen LogP contribution is 2.44. The van der Waals surface area contributed by atoms with Crippen molar-refractivity contribution in [1.29, 1.82) is 10.5 Å². The van der Waals surface area contributed by atoms with Crippen LogP contribution in [-0.4, -0.2) is 4.57 Å². The number of para-hydroxylation sites is 2. The van der Waals surface area contributed by atoms with E-state index >= 15 is 0 Å².